The van der Waals surface area contributed by atoms with Gasteiger partial charge in [0.1, 0.15) is 22.9 Å². The number of benzene rings is 2. The molecule has 3 rings (SSSR count). The molecule has 154 valence electrons. The molecule has 0 amide bonds. The molecule has 29 heavy (non-hydrogen) atoms. The number of aryl methyl sites for hydroxylation is 1. The van der Waals surface area contributed by atoms with Crippen LogP contribution in [0.25, 0.3) is 0 Å². The fourth-order valence-electron chi connectivity index (χ4n) is 2.46. The number of nitrogens with zero attached hydrogens (tertiary/aromatic N) is 2. The summed E-state index contributed by atoms with van der Waals surface area (Å²) in [5, 5.41) is 3.62. The Balaban J connectivity index is 1.84. The van der Waals surface area contributed by atoms with E-state index in [0.717, 1.165) is 19.2 Å². The van der Waals surface area contributed by atoms with Crippen molar-refractivity contribution in [1.29, 1.82) is 0 Å². The van der Waals surface area contributed by atoms with Crippen LogP contribution in [0.1, 0.15) is 11.3 Å². The zero-order chi connectivity index (χ0) is 21.4. The molecule has 0 atom stereocenters. The molecular weight excluding hydrogens is 404 g/mol. The molecule has 11 heteroatoms. The SMILES string of the molecule is Cn1nc(Oc2cc(N)cc(Oc3cccc(C(F)(F)F)c3)c2)cc1C(F)(F)F. The van der Waals surface area contributed by atoms with Crippen molar-refractivity contribution in [2.24, 2.45) is 7.05 Å². The van der Waals surface area contributed by atoms with E-state index in [9.17, 15) is 26.3 Å². The summed E-state index contributed by atoms with van der Waals surface area (Å²) in [7, 11) is 1.11. The first-order valence-electron chi connectivity index (χ1n) is 7.96. The zero-order valence-electron chi connectivity index (χ0n) is 14.7. The fraction of sp³-hybridized carbons (Fsp3) is 0.167. The number of aromatic nitrogens is 2. The summed E-state index contributed by atoms with van der Waals surface area (Å²) in [6.07, 6.45) is -9.16. The van der Waals surface area contributed by atoms with Crippen LogP contribution in [0.15, 0.2) is 48.5 Å². The van der Waals surface area contributed by atoms with Gasteiger partial charge in [0, 0.05) is 37.0 Å². The molecule has 2 N–H and O–H groups in total. The lowest BCUT2D eigenvalue weighted by Crippen LogP contribution is -2.11. The summed E-state index contributed by atoms with van der Waals surface area (Å²) >= 11 is 0. The molecule has 0 saturated heterocycles. The maximum absolute atomic E-state index is 12.9. The Morgan fingerprint density at radius 1 is 0.828 bits per heavy atom. The zero-order valence-corrected chi connectivity index (χ0v) is 14.7. The van der Waals surface area contributed by atoms with Crippen LogP contribution in [0, 0.1) is 0 Å². The molecule has 5 nitrogen and oxygen atoms in total. The van der Waals surface area contributed by atoms with Crippen molar-refractivity contribution >= 4 is 5.69 Å². The molecule has 0 aliphatic carbocycles. The van der Waals surface area contributed by atoms with E-state index in [4.69, 9.17) is 15.2 Å². The van der Waals surface area contributed by atoms with Crippen LogP contribution in [0.5, 0.6) is 23.1 Å². The van der Waals surface area contributed by atoms with E-state index in [-0.39, 0.29) is 28.8 Å². The van der Waals surface area contributed by atoms with E-state index in [1.54, 1.807) is 0 Å². The van der Waals surface area contributed by atoms with Crippen molar-refractivity contribution in [2.75, 3.05) is 5.73 Å². The Kier molecular flexibility index (Phi) is 5.07. The van der Waals surface area contributed by atoms with E-state index in [1.165, 1.54) is 30.3 Å². The largest absolute Gasteiger partial charge is 0.457 e. The molecule has 2 aromatic carbocycles. The van der Waals surface area contributed by atoms with E-state index < -0.39 is 23.6 Å². The van der Waals surface area contributed by atoms with Gasteiger partial charge in [-0.15, -0.1) is 5.10 Å². The lowest BCUT2D eigenvalue weighted by Gasteiger charge is -2.11. The minimum atomic E-state index is -4.61. The number of ether oxygens (including phenoxy) is 2. The van der Waals surface area contributed by atoms with Crippen LogP contribution < -0.4 is 15.2 Å². The van der Waals surface area contributed by atoms with E-state index in [2.05, 4.69) is 5.10 Å². The lowest BCUT2D eigenvalue weighted by atomic mass is 10.2. The highest BCUT2D eigenvalue weighted by atomic mass is 19.4. The molecule has 0 radical (unpaired) electrons. The number of halogens is 6. The molecule has 1 heterocycles. The van der Waals surface area contributed by atoms with Gasteiger partial charge in [-0.1, -0.05) is 6.07 Å². The highest BCUT2D eigenvalue weighted by Gasteiger charge is 2.35. The van der Waals surface area contributed by atoms with Crippen molar-refractivity contribution in [3.63, 3.8) is 0 Å². The van der Waals surface area contributed by atoms with Gasteiger partial charge in [-0.05, 0) is 18.2 Å². The second kappa shape index (κ2) is 7.22. The Morgan fingerprint density at radius 2 is 1.48 bits per heavy atom. The predicted molar refractivity (Wildman–Crippen MR) is 90.7 cm³/mol. The van der Waals surface area contributed by atoms with Crippen LogP contribution >= 0.6 is 0 Å². The first kappa shape index (κ1) is 20.4. The summed E-state index contributed by atoms with van der Waals surface area (Å²) in [4.78, 5) is 0. The van der Waals surface area contributed by atoms with E-state index >= 15 is 0 Å². The lowest BCUT2D eigenvalue weighted by molar-refractivity contribution is -0.143. The highest BCUT2D eigenvalue weighted by molar-refractivity contribution is 5.52. The Hall–Kier alpha value is -3.37. The molecule has 0 aliphatic rings. The third-order valence-corrected chi connectivity index (χ3v) is 3.67. The summed E-state index contributed by atoms with van der Waals surface area (Å²) in [6, 6.07) is 8.78. The van der Waals surface area contributed by atoms with Gasteiger partial charge in [0.15, 0.2) is 0 Å². The monoisotopic (exact) mass is 417 g/mol. The van der Waals surface area contributed by atoms with Gasteiger partial charge in [0.05, 0.1) is 5.56 Å². The third-order valence-electron chi connectivity index (χ3n) is 3.67. The molecule has 0 aliphatic heterocycles. The maximum Gasteiger partial charge on any atom is 0.433 e. The summed E-state index contributed by atoms with van der Waals surface area (Å²) in [5.74, 6) is -0.408. The van der Waals surface area contributed by atoms with Crippen LogP contribution in [-0.4, -0.2) is 9.78 Å². The van der Waals surface area contributed by atoms with Gasteiger partial charge in [-0.25, -0.2) is 0 Å². The number of nitrogen functional groups attached to an aromatic ring is 1. The maximum atomic E-state index is 12.9. The predicted octanol–water partition coefficient (Wildman–Crippen LogP) is 5.62. The average Bonchev–Trinajstić information content (AvgIpc) is 2.94. The molecule has 0 spiro atoms. The molecule has 1 aromatic heterocycles. The Morgan fingerprint density at radius 3 is 2.07 bits per heavy atom. The average molecular weight is 417 g/mol. The topological polar surface area (TPSA) is 62.3 Å². The van der Waals surface area contributed by atoms with Gasteiger partial charge in [0.25, 0.3) is 0 Å². The fourth-order valence-corrected chi connectivity index (χ4v) is 2.46. The second-order valence-electron chi connectivity index (χ2n) is 5.96. The molecule has 0 unspecified atom stereocenters. The van der Waals surface area contributed by atoms with Crippen LogP contribution in [0.2, 0.25) is 0 Å². The normalized spacial score (nSPS) is 12.1. The smallest absolute Gasteiger partial charge is 0.433 e. The molecule has 3 aromatic rings. The van der Waals surface area contributed by atoms with Crippen molar-refractivity contribution in [3.8, 4) is 23.1 Å². The van der Waals surface area contributed by atoms with Gasteiger partial charge in [-0.3, -0.25) is 4.68 Å². The molecular formula is C18H13F6N3O2. The Bertz CT molecular complexity index is 1030. The van der Waals surface area contributed by atoms with Crippen molar-refractivity contribution in [3.05, 3.63) is 59.8 Å². The molecule has 0 fully saturated rings. The summed E-state index contributed by atoms with van der Waals surface area (Å²) in [6.45, 7) is 0. The van der Waals surface area contributed by atoms with E-state index in [1.807, 2.05) is 0 Å². The number of alkyl halides is 6. The molecule has 0 bridgehead atoms. The number of hydrogen-bond donors (Lipinski definition) is 1. The van der Waals surface area contributed by atoms with Gasteiger partial charge in [-0.2, -0.15) is 26.3 Å². The summed E-state index contributed by atoms with van der Waals surface area (Å²) < 4.78 is 88.3. The minimum Gasteiger partial charge on any atom is -0.457 e. The van der Waals surface area contributed by atoms with Crippen LogP contribution in [0.3, 0.4) is 0 Å². The van der Waals surface area contributed by atoms with Crippen LogP contribution in [0.4, 0.5) is 32.0 Å². The Labute approximate surface area is 160 Å². The quantitative estimate of drug-likeness (QED) is 0.442. The number of anilines is 1. The van der Waals surface area contributed by atoms with Gasteiger partial charge in [0.2, 0.25) is 5.88 Å². The van der Waals surface area contributed by atoms with Crippen molar-refractivity contribution in [1.82, 2.24) is 9.78 Å². The van der Waals surface area contributed by atoms with Crippen molar-refractivity contribution < 1.29 is 35.8 Å². The van der Waals surface area contributed by atoms with Crippen LogP contribution in [-0.2, 0) is 19.4 Å². The number of rotatable bonds is 4. The highest BCUT2D eigenvalue weighted by Crippen LogP contribution is 2.36. The minimum absolute atomic E-state index is 0.00111. The number of nitrogens with two attached hydrogens (primary N) is 1. The second-order valence-corrected chi connectivity index (χ2v) is 5.96. The first-order chi connectivity index (χ1) is 13.4. The summed E-state index contributed by atoms with van der Waals surface area (Å²) in [5.41, 5.74) is 3.93. The van der Waals surface area contributed by atoms with E-state index in [0.29, 0.717) is 10.7 Å². The first-order valence-corrected chi connectivity index (χ1v) is 7.96. The standard InChI is InChI=1S/C18H13F6N3O2/c1-27-15(18(22,23)24)9-16(26-27)29-14-7-11(25)6-13(8-14)28-12-4-2-3-10(5-12)17(19,20)21/h2-9H,25H2,1H3. The number of hydrogen-bond acceptors (Lipinski definition) is 4. The van der Waals surface area contributed by atoms with Gasteiger partial charge >= 0.3 is 12.4 Å². The third kappa shape index (κ3) is 4.92. The van der Waals surface area contributed by atoms with Crippen molar-refractivity contribution in [2.45, 2.75) is 12.4 Å². The molecule has 0 saturated carbocycles. The van der Waals surface area contributed by atoms with Gasteiger partial charge < -0.3 is 15.2 Å².